The van der Waals surface area contributed by atoms with Gasteiger partial charge in [0.25, 0.3) is 5.91 Å². The number of ketones is 1. The minimum absolute atomic E-state index is 0.203. The maximum Gasteiger partial charge on any atom is 0.325 e. The molecule has 1 aliphatic heterocycles. The standard InChI is InChI=1S/C22H30FN3O5/c1-15(2)4-7-20(28)24-13-22(30)31-14-21(29)26-10-8-25(9-11-26)19-6-5-17(16(3)27)12-18(19)23/h5-6,12,15H,4,7-11,13-14H2,1-3H3,(H,24,28). The molecule has 0 radical (unpaired) electrons. The fourth-order valence-corrected chi connectivity index (χ4v) is 3.14. The van der Waals surface area contributed by atoms with Gasteiger partial charge in [-0.05, 0) is 37.5 Å². The highest BCUT2D eigenvalue weighted by atomic mass is 19.1. The van der Waals surface area contributed by atoms with Crippen molar-refractivity contribution in [3.05, 3.63) is 29.6 Å². The zero-order chi connectivity index (χ0) is 23.0. The van der Waals surface area contributed by atoms with Crippen molar-refractivity contribution < 1.29 is 28.3 Å². The summed E-state index contributed by atoms with van der Waals surface area (Å²) in [6.07, 6.45) is 1.07. The molecule has 2 rings (SSSR count). The molecular formula is C22H30FN3O5. The van der Waals surface area contributed by atoms with Gasteiger partial charge in [0.2, 0.25) is 5.91 Å². The minimum atomic E-state index is -0.669. The number of hydrogen-bond donors (Lipinski definition) is 1. The molecule has 1 aromatic carbocycles. The van der Waals surface area contributed by atoms with E-state index in [2.05, 4.69) is 5.32 Å². The van der Waals surface area contributed by atoms with Crippen LogP contribution in [-0.2, 0) is 19.1 Å². The number of carbonyl (C=O) groups is 4. The van der Waals surface area contributed by atoms with Gasteiger partial charge in [-0.3, -0.25) is 19.2 Å². The third-order valence-electron chi connectivity index (χ3n) is 5.06. The van der Waals surface area contributed by atoms with Crippen molar-refractivity contribution in [2.45, 2.75) is 33.6 Å². The number of anilines is 1. The molecule has 1 N–H and O–H groups in total. The molecular weight excluding hydrogens is 405 g/mol. The number of hydrogen-bond acceptors (Lipinski definition) is 6. The van der Waals surface area contributed by atoms with Crippen molar-refractivity contribution in [2.75, 3.05) is 44.2 Å². The topological polar surface area (TPSA) is 96.0 Å². The average Bonchev–Trinajstić information content (AvgIpc) is 2.74. The molecule has 170 valence electrons. The number of halogens is 1. The summed E-state index contributed by atoms with van der Waals surface area (Å²) in [5.41, 5.74) is 0.699. The highest BCUT2D eigenvalue weighted by Gasteiger charge is 2.24. The van der Waals surface area contributed by atoms with Gasteiger partial charge in [0.15, 0.2) is 12.4 Å². The predicted octanol–water partition coefficient (Wildman–Crippen LogP) is 1.77. The molecule has 1 aromatic rings. The first-order valence-corrected chi connectivity index (χ1v) is 10.4. The summed E-state index contributed by atoms with van der Waals surface area (Å²) in [5, 5.41) is 2.48. The summed E-state index contributed by atoms with van der Waals surface area (Å²) in [7, 11) is 0. The van der Waals surface area contributed by atoms with E-state index in [1.54, 1.807) is 17.0 Å². The third-order valence-corrected chi connectivity index (χ3v) is 5.06. The van der Waals surface area contributed by atoms with Crippen molar-refractivity contribution in [3.8, 4) is 0 Å². The number of piperazine rings is 1. The van der Waals surface area contributed by atoms with Gasteiger partial charge in [-0.2, -0.15) is 0 Å². The monoisotopic (exact) mass is 435 g/mol. The van der Waals surface area contributed by atoms with Crippen LogP contribution in [0.4, 0.5) is 10.1 Å². The largest absolute Gasteiger partial charge is 0.454 e. The first-order valence-electron chi connectivity index (χ1n) is 10.4. The van der Waals surface area contributed by atoms with Crippen LogP contribution in [0.5, 0.6) is 0 Å². The molecule has 1 heterocycles. The molecule has 8 nitrogen and oxygen atoms in total. The molecule has 0 atom stereocenters. The van der Waals surface area contributed by atoms with E-state index in [0.717, 1.165) is 6.42 Å². The Morgan fingerprint density at radius 1 is 1.13 bits per heavy atom. The lowest BCUT2D eigenvalue weighted by molar-refractivity contribution is -0.151. The summed E-state index contributed by atoms with van der Waals surface area (Å²) in [6, 6.07) is 4.37. The van der Waals surface area contributed by atoms with Crippen LogP contribution < -0.4 is 10.2 Å². The Kier molecular flexibility index (Phi) is 8.96. The Bertz CT molecular complexity index is 819. The summed E-state index contributed by atoms with van der Waals surface area (Å²) >= 11 is 0. The van der Waals surface area contributed by atoms with E-state index in [9.17, 15) is 23.6 Å². The highest BCUT2D eigenvalue weighted by Crippen LogP contribution is 2.22. The number of rotatable bonds is 9. The summed E-state index contributed by atoms with van der Waals surface area (Å²) in [4.78, 5) is 50.4. The van der Waals surface area contributed by atoms with E-state index in [-0.39, 0.29) is 24.1 Å². The van der Waals surface area contributed by atoms with E-state index < -0.39 is 18.4 Å². The first-order chi connectivity index (χ1) is 14.7. The fourth-order valence-electron chi connectivity index (χ4n) is 3.14. The second-order valence-electron chi connectivity index (χ2n) is 7.96. The van der Waals surface area contributed by atoms with Gasteiger partial charge in [0, 0.05) is 38.2 Å². The molecule has 2 amide bonds. The highest BCUT2D eigenvalue weighted by molar-refractivity contribution is 5.94. The number of benzene rings is 1. The number of Topliss-reactive ketones (excluding diaryl/α,β-unsaturated/α-hetero) is 1. The quantitative estimate of drug-likeness (QED) is 0.469. The maximum absolute atomic E-state index is 14.3. The van der Waals surface area contributed by atoms with Gasteiger partial charge < -0.3 is 19.9 Å². The molecule has 1 fully saturated rings. The lowest BCUT2D eigenvalue weighted by Gasteiger charge is -2.36. The van der Waals surface area contributed by atoms with E-state index >= 15 is 0 Å². The van der Waals surface area contributed by atoms with Gasteiger partial charge >= 0.3 is 5.97 Å². The van der Waals surface area contributed by atoms with Crippen molar-refractivity contribution >= 4 is 29.3 Å². The SMILES string of the molecule is CC(=O)c1ccc(N2CCN(C(=O)COC(=O)CNC(=O)CCC(C)C)CC2)c(F)c1. The van der Waals surface area contributed by atoms with E-state index in [1.807, 2.05) is 18.7 Å². The Hall–Kier alpha value is -2.97. The predicted molar refractivity (Wildman–Crippen MR) is 113 cm³/mol. The van der Waals surface area contributed by atoms with Gasteiger partial charge in [0.05, 0.1) is 5.69 Å². The van der Waals surface area contributed by atoms with Crippen LogP contribution >= 0.6 is 0 Å². The van der Waals surface area contributed by atoms with E-state index in [0.29, 0.717) is 49.8 Å². The first kappa shape index (κ1) is 24.3. The van der Waals surface area contributed by atoms with Crippen LogP contribution in [0.2, 0.25) is 0 Å². The number of carbonyl (C=O) groups excluding carboxylic acids is 4. The lowest BCUT2D eigenvalue weighted by atomic mass is 10.1. The van der Waals surface area contributed by atoms with Crippen LogP contribution in [0.3, 0.4) is 0 Å². The number of nitrogens with one attached hydrogen (secondary N) is 1. The van der Waals surface area contributed by atoms with E-state index in [1.165, 1.54) is 13.0 Å². The van der Waals surface area contributed by atoms with Crippen LogP contribution in [0.1, 0.15) is 44.0 Å². The number of amides is 2. The molecule has 9 heteroatoms. The van der Waals surface area contributed by atoms with Gasteiger partial charge in [-0.15, -0.1) is 0 Å². The molecule has 0 bridgehead atoms. The van der Waals surface area contributed by atoms with Gasteiger partial charge in [-0.1, -0.05) is 13.8 Å². The molecule has 31 heavy (non-hydrogen) atoms. The number of esters is 1. The molecule has 0 aliphatic carbocycles. The molecule has 0 aromatic heterocycles. The van der Waals surface area contributed by atoms with Crippen molar-refractivity contribution in [2.24, 2.45) is 5.92 Å². The van der Waals surface area contributed by atoms with Crippen molar-refractivity contribution in [3.63, 3.8) is 0 Å². The van der Waals surface area contributed by atoms with E-state index in [4.69, 9.17) is 4.74 Å². The minimum Gasteiger partial charge on any atom is -0.454 e. The smallest absolute Gasteiger partial charge is 0.325 e. The molecule has 1 saturated heterocycles. The zero-order valence-corrected chi connectivity index (χ0v) is 18.3. The normalized spacial score (nSPS) is 13.8. The number of ether oxygens (including phenoxy) is 1. The second kappa shape index (κ2) is 11.4. The van der Waals surface area contributed by atoms with Gasteiger partial charge in [-0.25, -0.2) is 4.39 Å². The van der Waals surface area contributed by atoms with Crippen molar-refractivity contribution in [1.82, 2.24) is 10.2 Å². The third kappa shape index (κ3) is 7.66. The lowest BCUT2D eigenvalue weighted by Crippen LogP contribution is -2.50. The molecule has 1 aliphatic rings. The number of nitrogens with zero attached hydrogens (tertiary/aromatic N) is 2. The molecule has 0 unspecified atom stereocenters. The molecule has 0 spiro atoms. The summed E-state index contributed by atoms with van der Waals surface area (Å²) in [5.74, 6) is -1.52. The summed E-state index contributed by atoms with van der Waals surface area (Å²) in [6.45, 7) is 6.28. The Labute approximate surface area is 181 Å². The van der Waals surface area contributed by atoms with Crippen molar-refractivity contribution in [1.29, 1.82) is 0 Å². The second-order valence-corrected chi connectivity index (χ2v) is 7.96. The zero-order valence-electron chi connectivity index (χ0n) is 18.3. The maximum atomic E-state index is 14.3. The Balaban J connectivity index is 1.73. The van der Waals surface area contributed by atoms with Crippen LogP contribution in [-0.4, -0.2) is 67.8 Å². The van der Waals surface area contributed by atoms with Crippen LogP contribution in [0.15, 0.2) is 18.2 Å². The average molecular weight is 435 g/mol. The van der Waals surface area contributed by atoms with Crippen LogP contribution in [0, 0.1) is 11.7 Å². The molecule has 0 saturated carbocycles. The Morgan fingerprint density at radius 2 is 1.81 bits per heavy atom. The van der Waals surface area contributed by atoms with Crippen LogP contribution in [0.25, 0.3) is 0 Å². The summed E-state index contributed by atoms with van der Waals surface area (Å²) < 4.78 is 19.3. The Morgan fingerprint density at radius 3 is 2.39 bits per heavy atom. The van der Waals surface area contributed by atoms with Gasteiger partial charge in [0.1, 0.15) is 12.4 Å². The fraction of sp³-hybridized carbons (Fsp3) is 0.545.